The highest BCUT2D eigenvalue weighted by atomic mass is 28.4. The zero-order valence-electron chi connectivity index (χ0n) is 17.0. The third-order valence-corrected chi connectivity index (χ3v) is 4.50. The Morgan fingerprint density at radius 1 is 1.08 bits per heavy atom. The molecule has 0 radical (unpaired) electrons. The van der Waals surface area contributed by atoms with Crippen molar-refractivity contribution in [3.63, 3.8) is 0 Å². The third-order valence-electron chi connectivity index (χ3n) is 3.55. The maximum absolute atomic E-state index is 10.1. The van der Waals surface area contributed by atoms with Crippen molar-refractivity contribution in [1.82, 2.24) is 0 Å². The first-order valence-corrected chi connectivity index (χ1v) is 12.8. The van der Waals surface area contributed by atoms with Crippen LogP contribution in [0, 0.1) is 18.3 Å². The lowest BCUT2D eigenvalue weighted by atomic mass is 10.0. The normalized spacial score (nSPS) is 14.5. The summed E-state index contributed by atoms with van der Waals surface area (Å²) in [4.78, 5) is 0. The number of hydrogen-bond donors (Lipinski definition) is 0. The molecule has 0 aliphatic carbocycles. The lowest BCUT2D eigenvalue weighted by molar-refractivity contribution is -0.199. The van der Waals surface area contributed by atoms with Gasteiger partial charge < -0.3 is 13.9 Å². The molecule has 4 nitrogen and oxygen atoms in total. The van der Waals surface area contributed by atoms with Crippen molar-refractivity contribution in [3.8, 4) is 6.07 Å². The fourth-order valence-electron chi connectivity index (χ4n) is 2.42. The predicted octanol–water partition coefficient (Wildman–Crippen LogP) is 5.30. The predicted molar refractivity (Wildman–Crippen MR) is 109 cm³/mol. The van der Waals surface area contributed by atoms with E-state index >= 15 is 0 Å². The van der Waals surface area contributed by atoms with E-state index in [-0.39, 0.29) is 0 Å². The summed E-state index contributed by atoms with van der Waals surface area (Å²) in [6, 6.07) is 10.5. The average molecular weight is 376 g/mol. The highest BCUT2D eigenvalue weighted by Crippen LogP contribution is 2.28. The molecule has 0 saturated heterocycles. The van der Waals surface area contributed by atoms with E-state index < -0.39 is 20.2 Å². The Bertz CT molecular complexity index is 593. The molecule has 0 N–H and O–H groups in total. The Hall–Kier alpha value is -1.45. The molecule has 26 heavy (non-hydrogen) atoms. The summed E-state index contributed by atoms with van der Waals surface area (Å²) < 4.78 is 18.1. The van der Waals surface area contributed by atoms with Gasteiger partial charge in [0, 0.05) is 13.2 Å². The molecule has 1 rings (SSSR count). The van der Waals surface area contributed by atoms with Crippen LogP contribution < -0.4 is 0 Å². The first kappa shape index (κ1) is 22.6. The molecule has 1 unspecified atom stereocenters. The lowest BCUT2D eigenvalue weighted by Gasteiger charge is -2.37. The number of benzene rings is 1. The van der Waals surface area contributed by atoms with Crippen LogP contribution in [-0.4, -0.2) is 33.4 Å². The molecule has 1 aromatic carbocycles. The molecule has 0 aliphatic heterocycles. The van der Waals surface area contributed by atoms with E-state index in [2.05, 4.69) is 32.6 Å². The van der Waals surface area contributed by atoms with E-state index in [0.717, 1.165) is 18.4 Å². The van der Waals surface area contributed by atoms with Crippen molar-refractivity contribution in [2.45, 2.75) is 65.1 Å². The van der Waals surface area contributed by atoms with Gasteiger partial charge in [0.05, 0.1) is 0 Å². The monoisotopic (exact) mass is 375 g/mol. The first-order valence-electron chi connectivity index (χ1n) is 9.37. The lowest BCUT2D eigenvalue weighted by Crippen LogP contribution is -2.51. The smallest absolute Gasteiger partial charge is 0.215 e. The minimum absolute atomic E-state index is 0.519. The van der Waals surface area contributed by atoms with E-state index in [0.29, 0.717) is 13.2 Å². The molecular formula is C21H33NO3Si. The van der Waals surface area contributed by atoms with Gasteiger partial charge in [0.1, 0.15) is 6.07 Å². The minimum Gasteiger partial charge on any atom is -0.393 e. The maximum Gasteiger partial charge on any atom is 0.215 e. The second kappa shape index (κ2) is 10.6. The molecule has 5 heteroatoms. The molecule has 0 aromatic heterocycles. The van der Waals surface area contributed by atoms with E-state index in [1.807, 2.05) is 44.2 Å². The van der Waals surface area contributed by atoms with Crippen molar-refractivity contribution in [1.29, 1.82) is 5.26 Å². The topological polar surface area (TPSA) is 51.5 Å². The summed E-state index contributed by atoms with van der Waals surface area (Å²) in [6.07, 6.45) is 4.66. The molecule has 0 heterocycles. The van der Waals surface area contributed by atoms with E-state index in [4.69, 9.17) is 13.9 Å². The second-order valence-electron chi connectivity index (χ2n) is 7.44. The summed E-state index contributed by atoms with van der Waals surface area (Å²) in [7, 11) is -2.04. The number of aryl methyl sites for hydroxylation is 1. The molecule has 0 fully saturated rings. The highest BCUT2D eigenvalue weighted by molar-refractivity contribution is 6.69. The summed E-state index contributed by atoms with van der Waals surface area (Å²) in [6.45, 7) is 13.4. The van der Waals surface area contributed by atoms with Crippen LogP contribution in [0.3, 0.4) is 0 Å². The SMILES string of the molecule is CCCOC(OCCC)C(C#N)(/C=C/c1ccc(C)cc1)O[Si](C)(C)C. The number of ether oxygens (including phenoxy) is 2. The van der Waals surface area contributed by atoms with Crippen molar-refractivity contribution >= 4 is 14.4 Å². The Balaban J connectivity index is 3.24. The van der Waals surface area contributed by atoms with E-state index in [9.17, 15) is 5.26 Å². The van der Waals surface area contributed by atoms with Crippen molar-refractivity contribution < 1.29 is 13.9 Å². The van der Waals surface area contributed by atoms with Gasteiger partial charge >= 0.3 is 0 Å². The van der Waals surface area contributed by atoms with Gasteiger partial charge in [-0.15, -0.1) is 0 Å². The fraction of sp³-hybridized carbons (Fsp3) is 0.571. The van der Waals surface area contributed by atoms with Gasteiger partial charge in [-0.1, -0.05) is 49.8 Å². The van der Waals surface area contributed by atoms with E-state index in [1.165, 1.54) is 5.56 Å². The van der Waals surface area contributed by atoms with Gasteiger partial charge in [-0.25, -0.2) is 0 Å². The van der Waals surface area contributed by atoms with Crippen LogP contribution in [-0.2, 0) is 13.9 Å². The van der Waals surface area contributed by atoms with Crippen LogP contribution in [0.1, 0.15) is 37.8 Å². The molecule has 0 aliphatic rings. The maximum atomic E-state index is 10.1. The minimum atomic E-state index is -2.04. The third kappa shape index (κ3) is 7.43. The van der Waals surface area contributed by atoms with Crippen molar-refractivity contribution in [3.05, 3.63) is 41.5 Å². The molecule has 0 bridgehead atoms. The molecule has 1 atom stereocenters. The Kier molecular flexibility index (Phi) is 9.24. The van der Waals surface area contributed by atoms with Crippen molar-refractivity contribution in [2.75, 3.05) is 13.2 Å². The molecule has 0 spiro atoms. The average Bonchev–Trinajstić information content (AvgIpc) is 2.59. The van der Waals surface area contributed by atoms with Crippen LogP contribution in [0.5, 0.6) is 0 Å². The van der Waals surface area contributed by atoms with Gasteiger partial charge in [-0.05, 0) is 51.0 Å². The largest absolute Gasteiger partial charge is 0.393 e. The number of rotatable bonds is 11. The fourth-order valence-corrected chi connectivity index (χ4v) is 3.65. The van der Waals surface area contributed by atoms with Gasteiger partial charge in [0.25, 0.3) is 0 Å². The van der Waals surface area contributed by atoms with Crippen LogP contribution >= 0.6 is 0 Å². The van der Waals surface area contributed by atoms with Crippen LogP contribution in [0.2, 0.25) is 19.6 Å². The Morgan fingerprint density at radius 2 is 1.62 bits per heavy atom. The summed E-state index contributed by atoms with van der Waals surface area (Å²) >= 11 is 0. The molecular weight excluding hydrogens is 342 g/mol. The zero-order chi connectivity index (χ0) is 19.6. The number of hydrogen-bond acceptors (Lipinski definition) is 4. The summed E-state index contributed by atoms with van der Waals surface area (Å²) in [5.41, 5.74) is 0.946. The van der Waals surface area contributed by atoms with Crippen molar-refractivity contribution in [2.24, 2.45) is 0 Å². The highest BCUT2D eigenvalue weighted by Gasteiger charge is 2.43. The first-order chi connectivity index (χ1) is 12.3. The number of nitrogens with zero attached hydrogens (tertiary/aromatic N) is 1. The Morgan fingerprint density at radius 3 is 2.04 bits per heavy atom. The molecule has 144 valence electrons. The van der Waals surface area contributed by atoms with E-state index in [1.54, 1.807) is 6.08 Å². The van der Waals surface area contributed by atoms with Gasteiger partial charge in [0.2, 0.25) is 11.9 Å². The summed E-state index contributed by atoms with van der Waals surface area (Å²) in [5, 5.41) is 10.1. The molecule has 1 aromatic rings. The van der Waals surface area contributed by atoms with Crippen LogP contribution in [0.25, 0.3) is 6.08 Å². The standard InChI is InChI=1S/C21H33NO3Si/c1-7-15-23-20(24-16-8-2)21(17-22,25-26(4,5)6)14-13-19-11-9-18(3)10-12-19/h9-14,20H,7-8,15-16H2,1-6H3/b14-13+. The molecule has 0 saturated carbocycles. The Labute approximate surface area is 159 Å². The quantitative estimate of drug-likeness (QED) is 0.389. The second-order valence-corrected chi connectivity index (χ2v) is 11.9. The number of nitriles is 1. The molecule has 0 amide bonds. The van der Waals surface area contributed by atoms with Gasteiger partial charge in [-0.3, -0.25) is 0 Å². The zero-order valence-corrected chi connectivity index (χ0v) is 18.0. The van der Waals surface area contributed by atoms with Crippen LogP contribution in [0.4, 0.5) is 0 Å². The van der Waals surface area contributed by atoms with Crippen LogP contribution in [0.15, 0.2) is 30.3 Å². The summed E-state index contributed by atoms with van der Waals surface area (Å²) in [5.74, 6) is 0. The van der Waals surface area contributed by atoms with Gasteiger partial charge in [0.15, 0.2) is 8.32 Å². The van der Waals surface area contributed by atoms with Gasteiger partial charge in [-0.2, -0.15) is 5.26 Å².